The number of amidine groups is 1. The van der Waals surface area contributed by atoms with E-state index in [4.69, 9.17) is 9.73 Å². The fourth-order valence-electron chi connectivity index (χ4n) is 3.66. The van der Waals surface area contributed by atoms with E-state index in [9.17, 15) is 9.59 Å². The molecule has 0 saturated carbocycles. The molecule has 0 bridgehead atoms. The van der Waals surface area contributed by atoms with Crippen LogP contribution in [0.5, 0.6) is 0 Å². The number of hydrogen-bond acceptors (Lipinski definition) is 5. The molecule has 0 N–H and O–H groups in total. The average Bonchev–Trinajstić information content (AvgIpc) is 3.09. The van der Waals surface area contributed by atoms with E-state index in [0.29, 0.717) is 22.9 Å². The van der Waals surface area contributed by atoms with Gasteiger partial charge in [0.2, 0.25) is 5.91 Å². The van der Waals surface area contributed by atoms with Gasteiger partial charge in [0.25, 0.3) is 0 Å². The Labute approximate surface area is 174 Å². The summed E-state index contributed by atoms with van der Waals surface area (Å²) in [4.78, 5) is 32.8. The highest BCUT2D eigenvalue weighted by Crippen LogP contribution is 2.46. The van der Waals surface area contributed by atoms with Gasteiger partial charge in [-0.25, -0.2) is 9.79 Å². The summed E-state index contributed by atoms with van der Waals surface area (Å²) in [5.74, 6) is -0.459. The Bertz CT molecular complexity index is 986. The first-order chi connectivity index (χ1) is 14.2. The third-order valence-electron chi connectivity index (χ3n) is 4.99. The van der Waals surface area contributed by atoms with E-state index < -0.39 is 12.0 Å². The lowest BCUT2D eigenvalue weighted by atomic mass is 9.92. The van der Waals surface area contributed by atoms with Gasteiger partial charge in [0, 0.05) is 5.56 Å². The molecule has 4 rings (SSSR count). The van der Waals surface area contributed by atoms with E-state index in [1.54, 1.807) is 11.8 Å². The third kappa shape index (κ3) is 3.49. The van der Waals surface area contributed by atoms with Crippen molar-refractivity contribution in [2.45, 2.75) is 31.6 Å². The van der Waals surface area contributed by atoms with Crippen LogP contribution in [0.4, 0.5) is 0 Å². The second kappa shape index (κ2) is 8.25. The molecule has 0 aliphatic carbocycles. The molecular weight excluding hydrogens is 384 g/mol. The van der Waals surface area contributed by atoms with Crippen molar-refractivity contribution in [3.05, 3.63) is 77.4 Å². The Morgan fingerprint density at radius 3 is 2.34 bits per heavy atom. The molecule has 5 nitrogen and oxygen atoms in total. The number of esters is 1. The molecule has 29 heavy (non-hydrogen) atoms. The molecule has 2 aromatic carbocycles. The Hall–Kier alpha value is -2.86. The van der Waals surface area contributed by atoms with Crippen LogP contribution in [0.15, 0.2) is 71.2 Å². The van der Waals surface area contributed by atoms with E-state index in [0.717, 1.165) is 11.1 Å². The van der Waals surface area contributed by atoms with Crippen molar-refractivity contribution < 1.29 is 14.3 Å². The summed E-state index contributed by atoms with van der Waals surface area (Å²) in [7, 11) is 0. The number of rotatable bonds is 5. The highest BCUT2D eigenvalue weighted by atomic mass is 32.2. The van der Waals surface area contributed by atoms with E-state index in [1.807, 2.05) is 67.6 Å². The van der Waals surface area contributed by atoms with Crippen molar-refractivity contribution in [1.82, 2.24) is 4.90 Å². The van der Waals surface area contributed by atoms with Crippen molar-refractivity contribution in [2.75, 3.05) is 6.61 Å². The van der Waals surface area contributed by atoms with Gasteiger partial charge in [0.05, 0.1) is 29.2 Å². The largest absolute Gasteiger partial charge is 0.463 e. The molecule has 2 aliphatic rings. The van der Waals surface area contributed by atoms with Gasteiger partial charge >= 0.3 is 5.97 Å². The van der Waals surface area contributed by atoms with Crippen molar-refractivity contribution >= 4 is 34.5 Å². The average molecular weight is 407 g/mol. The predicted octanol–water partition coefficient (Wildman–Crippen LogP) is 4.43. The summed E-state index contributed by atoms with van der Waals surface area (Å²) in [6, 6.07) is 18.7. The summed E-state index contributed by atoms with van der Waals surface area (Å²) in [5.41, 5.74) is 2.67. The lowest BCUT2D eigenvalue weighted by Crippen LogP contribution is -2.40. The number of hydrogen-bond donors (Lipinski definition) is 0. The van der Waals surface area contributed by atoms with Gasteiger partial charge in [-0.05, 0) is 18.9 Å². The molecular formula is C23H22N2O3S. The summed E-state index contributed by atoms with van der Waals surface area (Å²) >= 11 is 1.47. The van der Waals surface area contributed by atoms with Gasteiger partial charge in [-0.1, -0.05) is 79.3 Å². The molecule has 2 unspecified atom stereocenters. The zero-order valence-electron chi connectivity index (χ0n) is 16.4. The minimum atomic E-state index is -0.561. The van der Waals surface area contributed by atoms with Crippen molar-refractivity contribution in [3.63, 3.8) is 0 Å². The van der Waals surface area contributed by atoms with E-state index in [2.05, 4.69) is 0 Å². The van der Waals surface area contributed by atoms with Crippen molar-refractivity contribution in [2.24, 2.45) is 4.99 Å². The summed E-state index contributed by atoms with van der Waals surface area (Å²) in [5, 5.41) is 0.445. The van der Waals surface area contributed by atoms with Crippen LogP contribution in [0.3, 0.4) is 0 Å². The van der Waals surface area contributed by atoms with Crippen LogP contribution in [0, 0.1) is 0 Å². The highest BCUT2D eigenvalue weighted by molar-refractivity contribution is 8.15. The van der Waals surface area contributed by atoms with Crippen LogP contribution in [0.25, 0.3) is 5.70 Å². The van der Waals surface area contributed by atoms with Gasteiger partial charge in [0.15, 0.2) is 5.17 Å². The molecule has 1 saturated heterocycles. The summed E-state index contributed by atoms with van der Waals surface area (Å²) in [6.45, 7) is 4.02. The fraction of sp³-hybridized carbons (Fsp3) is 0.261. The Morgan fingerprint density at radius 1 is 1.07 bits per heavy atom. The Morgan fingerprint density at radius 2 is 1.72 bits per heavy atom. The van der Waals surface area contributed by atoms with E-state index >= 15 is 0 Å². The normalized spacial score (nSPS) is 21.1. The highest BCUT2D eigenvalue weighted by Gasteiger charge is 2.47. The van der Waals surface area contributed by atoms with Gasteiger partial charge < -0.3 is 4.74 Å². The Balaban J connectivity index is 1.96. The smallest absolute Gasteiger partial charge is 0.338 e. The number of benzene rings is 2. The number of fused-ring (bicyclic) bond motifs is 1. The topological polar surface area (TPSA) is 59.0 Å². The second-order valence-corrected chi connectivity index (χ2v) is 7.95. The van der Waals surface area contributed by atoms with Crippen molar-refractivity contribution in [3.8, 4) is 0 Å². The zero-order chi connectivity index (χ0) is 20.4. The number of nitrogens with zero attached hydrogens (tertiary/aromatic N) is 2. The molecule has 1 amide bonds. The van der Waals surface area contributed by atoms with Gasteiger partial charge in [-0.3, -0.25) is 9.69 Å². The maximum atomic E-state index is 13.2. The number of ether oxygens (including phenoxy) is 1. The molecule has 0 aromatic heterocycles. The first kappa shape index (κ1) is 19.5. The summed E-state index contributed by atoms with van der Waals surface area (Å²) in [6.07, 6.45) is 0.704. The molecule has 6 heteroatoms. The molecule has 1 fully saturated rings. The molecule has 148 valence electrons. The van der Waals surface area contributed by atoms with E-state index in [-0.39, 0.29) is 17.8 Å². The number of carbonyl (C=O) groups excluding carboxylic acids is 2. The van der Waals surface area contributed by atoms with Crippen LogP contribution in [0.2, 0.25) is 0 Å². The van der Waals surface area contributed by atoms with Crippen LogP contribution in [-0.2, 0) is 14.3 Å². The van der Waals surface area contributed by atoms with Crippen LogP contribution < -0.4 is 0 Å². The third-order valence-corrected chi connectivity index (χ3v) is 6.31. The first-order valence-corrected chi connectivity index (χ1v) is 10.6. The fourth-order valence-corrected chi connectivity index (χ4v) is 4.75. The maximum Gasteiger partial charge on any atom is 0.338 e. The SMILES string of the molecule is CCOC(=O)C1=C(c2ccccc2)N=C2SC(CC)C(=O)N2C1c1ccccc1. The molecule has 0 spiro atoms. The number of aliphatic imine (C=N–C) groups is 1. The van der Waals surface area contributed by atoms with Gasteiger partial charge in [-0.15, -0.1) is 0 Å². The predicted molar refractivity (Wildman–Crippen MR) is 115 cm³/mol. The molecule has 2 aromatic rings. The summed E-state index contributed by atoms with van der Waals surface area (Å²) < 4.78 is 5.41. The zero-order valence-corrected chi connectivity index (χ0v) is 17.2. The number of thioether (sulfide) groups is 1. The van der Waals surface area contributed by atoms with Crippen molar-refractivity contribution in [1.29, 1.82) is 0 Å². The Kier molecular flexibility index (Phi) is 5.53. The van der Waals surface area contributed by atoms with Crippen LogP contribution in [0.1, 0.15) is 37.4 Å². The standard InChI is InChI=1S/C23H22N2O3S/c1-3-17-21(26)25-20(16-13-9-6-10-14-16)18(22(27)28-4-2)19(24-23(25)29-17)15-11-7-5-8-12-15/h5-14,17,20H,3-4H2,1-2H3. The second-order valence-electron chi connectivity index (χ2n) is 6.78. The monoisotopic (exact) mass is 406 g/mol. The lowest BCUT2D eigenvalue weighted by molar-refractivity contribution is -0.139. The molecule has 0 radical (unpaired) electrons. The van der Waals surface area contributed by atoms with Gasteiger partial charge in [0.1, 0.15) is 0 Å². The quantitative estimate of drug-likeness (QED) is 0.690. The van der Waals surface area contributed by atoms with Gasteiger partial charge in [-0.2, -0.15) is 0 Å². The minimum absolute atomic E-state index is 0.0148. The number of carbonyl (C=O) groups is 2. The molecule has 2 heterocycles. The van der Waals surface area contributed by atoms with E-state index in [1.165, 1.54) is 11.8 Å². The number of amides is 1. The molecule has 2 aliphatic heterocycles. The lowest BCUT2D eigenvalue weighted by Gasteiger charge is -2.33. The maximum absolute atomic E-state index is 13.2. The van der Waals surface area contributed by atoms with Crippen LogP contribution in [-0.4, -0.2) is 33.8 Å². The van der Waals surface area contributed by atoms with Crippen LogP contribution >= 0.6 is 11.8 Å². The minimum Gasteiger partial charge on any atom is -0.463 e. The first-order valence-electron chi connectivity index (χ1n) is 9.75. The molecule has 2 atom stereocenters.